The van der Waals surface area contributed by atoms with Crippen LogP contribution in [-0.2, 0) is 9.59 Å². The molecule has 6 nitrogen and oxygen atoms in total. The standard InChI is InChI=1S/C12H16N2O4/c1-8-2-4-9(5-3-8)13-11(17)12(18)14-10(6-15)7-16/h2-5,10,15-16H,6-7H2,1H3,(H,13,17)(H,14,18). The zero-order valence-electron chi connectivity index (χ0n) is 10.0. The van der Waals surface area contributed by atoms with Crippen LogP contribution in [0, 0.1) is 6.92 Å². The third kappa shape index (κ3) is 4.15. The third-order valence-corrected chi connectivity index (χ3v) is 2.29. The van der Waals surface area contributed by atoms with Gasteiger partial charge in [-0.3, -0.25) is 9.59 Å². The van der Waals surface area contributed by atoms with Gasteiger partial charge in [-0.15, -0.1) is 0 Å². The number of carbonyl (C=O) groups excluding carboxylic acids is 2. The molecule has 0 bridgehead atoms. The maximum absolute atomic E-state index is 11.5. The highest BCUT2D eigenvalue weighted by Gasteiger charge is 2.17. The maximum Gasteiger partial charge on any atom is 0.313 e. The smallest absolute Gasteiger partial charge is 0.313 e. The minimum atomic E-state index is -0.899. The van der Waals surface area contributed by atoms with Gasteiger partial charge in [0.15, 0.2) is 0 Å². The first-order valence-electron chi connectivity index (χ1n) is 5.47. The molecular formula is C12H16N2O4. The van der Waals surface area contributed by atoms with Crippen molar-refractivity contribution in [2.45, 2.75) is 13.0 Å². The predicted molar refractivity (Wildman–Crippen MR) is 65.9 cm³/mol. The molecule has 0 atom stereocenters. The number of benzene rings is 1. The number of hydrogen-bond donors (Lipinski definition) is 4. The molecule has 0 radical (unpaired) electrons. The average molecular weight is 252 g/mol. The number of aryl methyl sites for hydroxylation is 1. The van der Waals surface area contributed by atoms with Crippen molar-refractivity contribution in [2.75, 3.05) is 18.5 Å². The normalized spacial score (nSPS) is 10.2. The van der Waals surface area contributed by atoms with Crippen molar-refractivity contribution < 1.29 is 19.8 Å². The Hall–Kier alpha value is -1.92. The zero-order valence-corrected chi connectivity index (χ0v) is 10.0. The van der Waals surface area contributed by atoms with Crippen LogP contribution >= 0.6 is 0 Å². The number of aliphatic hydroxyl groups is 2. The Balaban J connectivity index is 2.54. The molecule has 0 aliphatic carbocycles. The molecule has 6 heteroatoms. The number of carbonyl (C=O) groups is 2. The summed E-state index contributed by atoms with van der Waals surface area (Å²) in [4.78, 5) is 22.9. The van der Waals surface area contributed by atoms with E-state index < -0.39 is 31.1 Å². The van der Waals surface area contributed by atoms with Crippen LogP contribution in [0.15, 0.2) is 24.3 Å². The summed E-state index contributed by atoms with van der Waals surface area (Å²) >= 11 is 0. The molecule has 0 saturated carbocycles. The molecule has 0 heterocycles. The van der Waals surface area contributed by atoms with Gasteiger partial charge < -0.3 is 20.8 Å². The van der Waals surface area contributed by atoms with Gasteiger partial charge in [0.2, 0.25) is 0 Å². The van der Waals surface area contributed by atoms with Gasteiger partial charge in [-0.2, -0.15) is 0 Å². The van der Waals surface area contributed by atoms with E-state index in [9.17, 15) is 9.59 Å². The molecular weight excluding hydrogens is 236 g/mol. The number of nitrogens with one attached hydrogen (secondary N) is 2. The van der Waals surface area contributed by atoms with E-state index in [0.29, 0.717) is 5.69 Å². The largest absolute Gasteiger partial charge is 0.394 e. The van der Waals surface area contributed by atoms with Gasteiger partial charge in [-0.25, -0.2) is 0 Å². The second-order valence-corrected chi connectivity index (χ2v) is 3.86. The molecule has 1 rings (SSSR count). The van der Waals surface area contributed by atoms with Crippen LogP contribution in [0.2, 0.25) is 0 Å². The second kappa shape index (κ2) is 6.73. The van der Waals surface area contributed by atoms with Crippen LogP contribution in [0.3, 0.4) is 0 Å². The van der Waals surface area contributed by atoms with E-state index in [2.05, 4.69) is 10.6 Å². The highest BCUT2D eigenvalue weighted by molar-refractivity contribution is 6.39. The average Bonchev–Trinajstić information content (AvgIpc) is 2.38. The molecule has 0 aliphatic heterocycles. The van der Waals surface area contributed by atoms with Crippen molar-refractivity contribution >= 4 is 17.5 Å². The predicted octanol–water partition coefficient (Wildman–Crippen LogP) is -0.597. The Morgan fingerprint density at radius 2 is 1.67 bits per heavy atom. The van der Waals surface area contributed by atoms with E-state index in [4.69, 9.17) is 10.2 Å². The molecule has 0 saturated heterocycles. The lowest BCUT2D eigenvalue weighted by Crippen LogP contribution is -2.45. The summed E-state index contributed by atoms with van der Waals surface area (Å²) in [6, 6.07) is 6.13. The zero-order chi connectivity index (χ0) is 13.5. The first kappa shape index (κ1) is 14.1. The van der Waals surface area contributed by atoms with Gasteiger partial charge in [0, 0.05) is 5.69 Å². The van der Waals surface area contributed by atoms with Crippen LogP contribution in [0.25, 0.3) is 0 Å². The van der Waals surface area contributed by atoms with E-state index in [1.807, 2.05) is 6.92 Å². The maximum atomic E-state index is 11.5. The number of anilines is 1. The Kier molecular flexibility index (Phi) is 5.29. The molecule has 98 valence electrons. The van der Waals surface area contributed by atoms with Gasteiger partial charge >= 0.3 is 11.8 Å². The Bertz CT molecular complexity index is 413. The third-order valence-electron chi connectivity index (χ3n) is 2.29. The topological polar surface area (TPSA) is 98.7 Å². The van der Waals surface area contributed by atoms with E-state index >= 15 is 0 Å². The van der Waals surface area contributed by atoms with E-state index in [-0.39, 0.29) is 0 Å². The first-order valence-corrected chi connectivity index (χ1v) is 5.47. The fraction of sp³-hybridized carbons (Fsp3) is 0.333. The summed E-state index contributed by atoms with van der Waals surface area (Å²) in [6.45, 7) is 1.05. The first-order chi connectivity index (χ1) is 8.56. The van der Waals surface area contributed by atoms with Crippen LogP contribution in [0.5, 0.6) is 0 Å². The summed E-state index contributed by atoms with van der Waals surface area (Å²) in [5.74, 6) is -1.74. The van der Waals surface area contributed by atoms with Crippen molar-refractivity contribution in [3.63, 3.8) is 0 Å². The van der Waals surface area contributed by atoms with Crippen LogP contribution in [0.4, 0.5) is 5.69 Å². The highest BCUT2D eigenvalue weighted by atomic mass is 16.3. The Morgan fingerprint density at radius 1 is 1.11 bits per heavy atom. The number of rotatable bonds is 4. The number of aliphatic hydroxyl groups excluding tert-OH is 2. The fourth-order valence-electron chi connectivity index (χ4n) is 1.22. The van der Waals surface area contributed by atoms with Crippen molar-refractivity contribution in [3.8, 4) is 0 Å². The summed E-state index contributed by atoms with van der Waals surface area (Å²) in [7, 11) is 0. The van der Waals surface area contributed by atoms with Crippen LogP contribution in [-0.4, -0.2) is 41.3 Å². The minimum absolute atomic E-state index is 0.431. The van der Waals surface area contributed by atoms with Gasteiger partial charge in [0.25, 0.3) is 0 Å². The highest BCUT2D eigenvalue weighted by Crippen LogP contribution is 2.08. The molecule has 0 spiro atoms. The second-order valence-electron chi connectivity index (χ2n) is 3.86. The molecule has 0 aromatic heterocycles. The quantitative estimate of drug-likeness (QED) is 0.538. The lowest BCUT2D eigenvalue weighted by atomic mass is 10.2. The summed E-state index contributed by atoms with van der Waals surface area (Å²) in [5.41, 5.74) is 1.54. The molecule has 0 fully saturated rings. The van der Waals surface area contributed by atoms with Gasteiger partial charge in [0.1, 0.15) is 0 Å². The lowest BCUT2D eigenvalue weighted by Gasteiger charge is -2.12. The Labute approximate surface area is 105 Å². The van der Waals surface area contributed by atoms with Crippen LogP contribution < -0.4 is 10.6 Å². The summed E-state index contributed by atoms with van der Waals surface area (Å²) < 4.78 is 0. The SMILES string of the molecule is Cc1ccc(NC(=O)C(=O)NC(CO)CO)cc1. The minimum Gasteiger partial charge on any atom is -0.394 e. The molecule has 2 amide bonds. The van der Waals surface area contributed by atoms with Crippen molar-refractivity contribution in [2.24, 2.45) is 0 Å². The van der Waals surface area contributed by atoms with E-state index in [1.54, 1.807) is 24.3 Å². The van der Waals surface area contributed by atoms with E-state index in [0.717, 1.165) is 5.56 Å². The number of amides is 2. The van der Waals surface area contributed by atoms with Crippen molar-refractivity contribution in [3.05, 3.63) is 29.8 Å². The number of hydrogen-bond acceptors (Lipinski definition) is 4. The molecule has 0 unspecified atom stereocenters. The molecule has 18 heavy (non-hydrogen) atoms. The summed E-state index contributed by atoms with van der Waals surface area (Å²) in [5, 5.41) is 22.1. The summed E-state index contributed by atoms with van der Waals surface area (Å²) in [6.07, 6.45) is 0. The Morgan fingerprint density at radius 3 is 2.17 bits per heavy atom. The molecule has 0 aliphatic rings. The van der Waals surface area contributed by atoms with Gasteiger partial charge in [0.05, 0.1) is 19.3 Å². The monoisotopic (exact) mass is 252 g/mol. The van der Waals surface area contributed by atoms with Gasteiger partial charge in [-0.1, -0.05) is 17.7 Å². The fourth-order valence-corrected chi connectivity index (χ4v) is 1.22. The van der Waals surface area contributed by atoms with Crippen molar-refractivity contribution in [1.82, 2.24) is 5.32 Å². The molecule has 4 N–H and O–H groups in total. The van der Waals surface area contributed by atoms with Gasteiger partial charge in [-0.05, 0) is 19.1 Å². The van der Waals surface area contributed by atoms with Crippen LogP contribution in [0.1, 0.15) is 5.56 Å². The van der Waals surface area contributed by atoms with Crippen molar-refractivity contribution in [1.29, 1.82) is 0 Å². The molecule has 1 aromatic rings. The van der Waals surface area contributed by atoms with E-state index in [1.165, 1.54) is 0 Å². The lowest BCUT2D eigenvalue weighted by molar-refractivity contribution is -0.137. The molecule has 1 aromatic carbocycles.